The number of nitrogens with two attached hydrogens (primary N) is 1. The summed E-state index contributed by atoms with van der Waals surface area (Å²) in [7, 11) is 1.50. The highest BCUT2D eigenvalue weighted by atomic mass is 19.1. The van der Waals surface area contributed by atoms with E-state index in [1.54, 1.807) is 6.07 Å². The predicted molar refractivity (Wildman–Crippen MR) is 52.9 cm³/mol. The van der Waals surface area contributed by atoms with Crippen LogP contribution in [-0.2, 0) is 0 Å². The molecule has 76 valence electrons. The van der Waals surface area contributed by atoms with Crippen LogP contribution in [0, 0.1) is 11.7 Å². The Bertz CT molecular complexity index is 340. The lowest BCUT2D eigenvalue weighted by Crippen LogP contribution is -2.03. The number of benzene rings is 1. The third-order valence-corrected chi connectivity index (χ3v) is 2.83. The molecule has 0 spiro atoms. The standard InChI is InChI=1S/C11H14FNO/c1-14-11-8(3-2-4-10(11)12)9-5-7(9)6-13/h2-4,7,9H,5-6,13H2,1H3/t7-,9+/m0/s1. The molecule has 2 atom stereocenters. The maximum atomic E-state index is 13.3. The van der Waals surface area contributed by atoms with Crippen molar-refractivity contribution < 1.29 is 9.13 Å². The second kappa shape index (κ2) is 3.58. The van der Waals surface area contributed by atoms with E-state index in [1.165, 1.54) is 13.2 Å². The van der Waals surface area contributed by atoms with Gasteiger partial charge in [0, 0.05) is 5.56 Å². The molecule has 0 saturated heterocycles. The maximum Gasteiger partial charge on any atom is 0.165 e. The zero-order valence-corrected chi connectivity index (χ0v) is 8.16. The van der Waals surface area contributed by atoms with Crippen molar-refractivity contribution in [3.8, 4) is 5.75 Å². The summed E-state index contributed by atoms with van der Waals surface area (Å²) < 4.78 is 18.4. The first kappa shape index (κ1) is 9.46. The van der Waals surface area contributed by atoms with Gasteiger partial charge in [-0.1, -0.05) is 12.1 Å². The fraction of sp³-hybridized carbons (Fsp3) is 0.455. The monoisotopic (exact) mass is 195 g/mol. The first-order chi connectivity index (χ1) is 6.77. The van der Waals surface area contributed by atoms with E-state index in [9.17, 15) is 4.39 Å². The van der Waals surface area contributed by atoms with Gasteiger partial charge in [0.25, 0.3) is 0 Å². The summed E-state index contributed by atoms with van der Waals surface area (Å²) in [5.74, 6) is 0.998. The van der Waals surface area contributed by atoms with E-state index >= 15 is 0 Å². The maximum absolute atomic E-state index is 13.3. The third kappa shape index (κ3) is 1.48. The van der Waals surface area contributed by atoms with Crippen molar-refractivity contribution in [2.45, 2.75) is 12.3 Å². The molecule has 0 unspecified atom stereocenters. The van der Waals surface area contributed by atoms with E-state index in [0.29, 0.717) is 24.1 Å². The van der Waals surface area contributed by atoms with Gasteiger partial charge in [-0.3, -0.25) is 0 Å². The molecule has 2 nitrogen and oxygen atoms in total. The van der Waals surface area contributed by atoms with Crippen LogP contribution >= 0.6 is 0 Å². The van der Waals surface area contributed by atoms with E-state index < -0.39 is 0 Å². The van der Waals surface area contributed by atoms with E-state index in [-0.39, 0.29) is 5.82 Å². The molecule has 2 rings (SSSR count). The van der Waals surface area contributed by atoms with Crippen molar-refractivity contribution in [2.24, 2.45) is 11.7 Å². The van der Waals surface area contributed by atoms with Gasteiger partial charge in [-0.2, -0.15) is 0 Å². The molecule has 1 aromatic rings. The minimum Gasteiger partial charge on any atom is -0.493 e. The molecule has 1 saturated carbocycles. The van der Waals surface area contributed by atoms with Crippen LogP contribution in [0.1, 0.15) is 17.9 Å². The molecule has 3 heteroatoms. The molecule has 0 aliphatic heterocycles. The van der Waals surface area contributed by atoms with Crippen LogP contribution in [0.4, 0.5) is 4.39 Å². The average molecular weight is 195 g/mol. The summed E-state index contributed by atoms with van der Waals surface area (Å²) in [6.07, 6.45) is 1.05. The van der Waals surface area contributed by atoms with Gasteiger partial charge < -0.3 is 10.5 Å². The van der Waals surface area contributed by atoms with Crippen LogP contribution in [0.25, 0.3) is 0 Å². The first-order valence-corrected chi connectivity index (χ1v) is 4.80. The lowest BCUT2D eigenvalue weighted by molar-refractivity contribution is 0.381. The van der Waals surface area contributed by atoms with E-state index in [2.05, 4.69) is 0 Å². The number of para-hydroxylation sites is 1. The third-order valence-electron chi connectivity index (χ3n) is 2.83. The zero-order valence-electron chi connectivity index (χ0n) is 8.16. The average Bonchev–Trinajstić information content (AvgIpc) is 2.96. The van der Waals surface area contributed by atoms with E-state index in [1.807, 2.05) is 6.07 Å². The Morgan fingerprint density at radius 2 is 2.36 bits per heavy atom. The van der Waals surface area contributed by atoms with Gasteiger partial charge in [-0.25, -0.2) is 4.39 Å². The molecule has 0 bridgehead atoms. The van der Waals surface area contributed by atoms with Gasteiger partial charge in [0.05, 0.1) is 7.11 Å². The summed E-state index contributed by atoms with van der Waals surface area (Å²) in [4.78, 5) is 0. The van der Waals surface area contributed by atoms with Crippen LogP contribution < -0.4 is 10.5 Å². The molecule has 1 aliphatic carbocycles. The van der Waals surface area contributed by atoms with Crippen molar-refractivity contribution in [2.75, 3.05) is 13.7 Å². The molecule has 1 aromatic carbocycles. The van der Waals surface area contributed by atoms with Crippen LogP contribution in [0.3, 0.4) is 0 Å². The molecule has 1 fully saturated rings. The van der Waals surface area contributed by atoms with E-state index in [0.717, 1.165) is 12.0 Å². The Labute approximate surface area is 82.9 Å². The lowest BCUT2D eigenvalue weighted by atomic mass is 10.1. The second-order valence-electron chi connectivity index (χ2n) is 3.70. The number of methoxy groups -OCH3 is 1. The highest BCUT2D eigenvalue weighted by Crippen LogP contribution is 2.50. The number of hydrogen-bond acceptors (Lipinski definition) is 2. The summed E-state index contributed by atoms with van der Waals surface area (Å²) in [6, 6.07) is 5.06. The fourth-order valence-electron chi connectivity index (χ4n) is 1.92. The molecule has 0 aromatic heterocycles. The number of ether oxygens (including phenoxy) is 1. The minimum atomic E-state index is -0.285. The van der Waals surface area contributed by atoms with Crippen molar-refractivity contribution >= 4 is 0 Å². The van der Waals surface area contributed by atoms with Gasteiger partial charge >= 0.3 is 0 Å². The van der Waals surface area contributed by atoms with Crippen molar-refractivity contribution in [3.63, 3.8) is 0 Å². The molecular formula is C11H14FNO. The quantitative estimate of drug-likeness (QED) is 0.799. The largest absolute Gasteiger partial charge is 0.493 e. The van der Waals surface area contributed by atoms with Gasteiger partial charge in [0.2, 0.25) is 0 Å². The Kier molecular flexibility index (Phi) is 2.42. The zero-order chi connectivity index (χ0) is 10.1. The Morgan fingerprint density at radius 3 is 2.93 bits per heavy atom. The van der Waals surface area contributed by atoms with Crippen LogP contribution in [0.15, 0.2) is 18.2 Å². The SMILES string of the molecule is COc1c(F)cccc1[C@@H]1C[C@H]1CN. The number of halogens is 1. The van der Waals surface area contributed by atoms with Gasteiger partial charge in [-0.05, 0) is 30.9 Å². The molecule has 0 radical (unpaired) electrons. The second-order valence-corrected chi connectivity index (χ2v) is 3.70. The summed E-state index contributed by atoms with van der Waals surface area (Å²) in [5, 5.41) is 0. The Morgan fingerprint density at radius 1 is 1.57 bits per heavy atom. The smallest absolute Gasteiger partial charge is 0.165 e. The van der Waals surface area contributed by atoms with Crippen molar-refractivity contribution in [1.82, 2.24) is 0 Å². The van der Waals surface area contributed by atoms with E-state index in [4.69, 9.17) is 10.5 Å². The van der Waals surface area contributed by atoms with Crippen molar-refractivity contribution in [3.05, 3.63) is 29.6 Å². The molecule has 2 N–H and O–H groups in total. The highest BCUT2D eigenvalue weighted by molar-refractivity contribution is 5.40. The topological polar surface area (TPSA) is 35.2 Å². The molecule has 0 amide bonds. The van der Waals surface area contributed by atoms with Crippen LogP contribution in [0.5, 0.6) is 5.75 Å². The van der Waals surface area contributed by atoms with Gasteiger partial charge in [0.1, 0.15) is 0 Å². The highest BCUT2D eigenvalue weighted by Gasteiger charge is 2.39. The number of hydrogen-bond donors (Lipinski definition) is 1. The summed E-state index contributed by atoms with van der Waals surface area (Å²) >= 11 is 0. The predicted octanol–water partition coefficient (Wildman–Crippen LogP) is 1.90. The summed E-state index contributed by atoms with van der Waals surface area (Å²) in [6.45, 7) is 0.671. The lowest BCUT2D eigenvalue weighted by Gasteiger charge is -2.08. The normalized spacial score (nSPS) is 24.8. The molecule has 14 heavy (non-hydrogen) atoms. The van der Waals surface area contributed by atoms with Gasteiger partial charge in [0.15, 0.2) is 11.6 Å². The molecule has 1 aliphatic rings. The van der Waals surface area contributed by atoms with Gasteiger partial charge in [-0.15, -0.1) is 0 Å². The molecule has 0 heterocycles. The molecular weight excluding hydrogens is 181 g/mol. The fourth-order valence-corrected chi connectivity index (χ4v) is 1.92. The van der Waals surface area contributed by atoms with Crippen LogP contribution in [0.2, 0.25) is 0 Å². The minimum absolute atomic E-state index is 0.285. The Hall–Kier alpha value is -1.09. The Balaban J connectivity index is 2.29. The number of rotatable bonds is 3. The summed E-state index contributed by atoms with van der Waals surface area (Å²) in [5.41, 5.74) is 6.52. The van der Waals surface area contributed by atoms with Crippen LogP contribution in [-0.4, -0.2) is 13.7 Å². The first-order valence-electron chi connectivity index (χ1n) is 4.80. The van der Waals surface area contributed by atoms with Crippen molar-refractivity contribution in [1.29, 1.82) is 0 Å².